The van der Waals surface area contributed by atoms with Gasteiger partial charge in [-0.25, -0.2) is 9.97 Å². The lowest BCUT2D eigenvalue weighted by molar-refractivity contribution is 0.415. The minimum atomic E-state index is -0.0976. The van der Waals surface area contributed by atoms with Gasteiger partial charge in [0.2, 0.25) is 5.89 Å². The minimum Gasteiger partial charge on any atom is -0.497 e. The van der Waals surface area contributed by atoms with Crippen molar-refractivity contribution >= 4 is 10.9 Å². The van der Waals surface area contributed by atoms with E-state index in [1.807, 2.05) is 42.5 Å². The quantitative estimate of drug-likeness (QED) is 0.574. The van der Waals surface area contributed by atoms with Crippen LogP contribution in [0.3, 0.4) is 0 Å². The summed E-state index contributed by atoms with van der Waals surface area (Å²) in [5.74, 6) is 1.27. The second kappa shape index (κ2) is 6.24. The average molecular weight is 333 g/mol. The molecule has 0 spiro atoms. The van der Waals surface area contributed by atoms with E-state index < -0.39 is 0 Å². The topological polar surface area (TPSA) is 70.2 Å². The number of para-hydroxylation sites is 1. The molecule has 2 aromatic heterocycles. The second-order valence-electron chi connectivity index (χ2n) is 5.57. The highest BCUT2D eigenvalue weighted by Crippen LogP contribution is 2.22. The number of hydrogen-bond acceptors (Lipinski definition) is 5. The summed E-state index contributed by atoms with van der Waals surface area (Å²) in [4.78, 5) is 21.3. The van der Waals surface area contributed by atoms with Gasteiger partial charge in [0.15, 0.2) is 0 Å². The van der Waals surface area contributed by atoms with E-state index in [-0.39, 0.29) is 5.56 Å². The van der Waals surface area contributed by atoms with Gasteiger partial charge >= 0.3 is 0 Å². The molecule has 0 amide bonds. The first-order valence-corrected chi connectivity index (χ1v) is 7.77. The Bertz CT molecular complexity index is 1080. The predicted octanol–water partition coefficient (Wildman–Crippen LogP) is 3.11. The van der Waals surface area contributed by atoms with Gasteiger partial charge in [-0.3, -0.25) is 9.36 Å². The van der Waals surface area contributed by atoms with Gasteiger partial charge in [0.25, 0.3) is 5.56 Å². The first-order chi connectivity index (χ1) is 12.2. The molecule has 0 saturated heterocycles. The molecule has 25 heavy (non-hydrogen) atoms. The van der Waals surface area contributed by atoms with Gasteiger partial charge in [-0.2, -0.15) is 0 Å². The van der Waals surface area contributed by atoms with Crippen molar-refractivity contribution in [2.24, 2.45) is 0 Å². The summed E-state index contributed by atoms with van der Waals surface area (Å²) >= 11 is 0. The molecule has 6 nitrogen and oxygen atoms in total. The molecule has 0 N–H and O–H groups in total. The van der Waals surface area contributed by atoms with Gasteiger partial charge in [-0.15, -0.1) is 0 Å². The number of nitrogens with zero attached hydrogens (tertiary/aromatic N) is 3. The SMILES string of the molecule is COc1ccc(-c2nc(Cn3cnc4ccccc4c3=O)co2)cc1. The van der Waals surface area contributed by atoms with Crippen molar-refractivity contribution in [3.8, 4) is 17.2 Å². The summed E-state index contributed by atoms with van der Waals surface area (Å²) in [5, 5.41) is 0.587. The highest BCUT2D eigenvalue weighted by molar-refractivity contribution is 5.76. The molecule has 4 rings (SSSR count). The number of rotatable bonds is 4. The van der Waals surface area contributed by atoms with Crippen LogP contribution in [0.25, 0.3) is 22.4 Å². The Morgan fingerprint density at radius 2 is 1.92 bits per heavy atom. The maximum Gasteiger partial charge on any atom is 0.261 e. The second-order valence-corrected chi connectivity index (χ2v) is 5.57. The molecule has 0 aliphatic rings. The molecule has 4 aromatic rings. The van der Waals surface area contributed by atoms with Crippen LogP contribution in [0.4, 0.5) is 0 Å². The zero-order valence-corrected chi connectivity index (χ0v) is 13.5. The van der Waals surface area contributed by atoms with Crippen LogP contribution in [0.2, 0.25) is 0 Å². The summed E-state index contributed by atoms with van der Waals surface area (Å²) in [7, 11) is 1.62. The summed E-state index contributed by atoms with van der Waals surface area (Å²) in [6.07, 6.45) is 3.09. The van der Waals surface area contributed by atoms with Gasteiger partial charge in [-0.05, 0) is 36.4 Å². The molecule has 2 aromatic carbocycles. The van der Waals surface area contributed by atoms with E-state index in [9.17, 15) is 4.79 Å². The number of aromatic nitrogens is 3. The van der Waals surface area contributed by atoms with Gasteiger partial charge < -0.3 is 9.15 Å². The van der Waals surface area contributed by atoms with Crippen molar-refractivity contribution in [2.75, 3.05) is 7.11 Å². The first kappa shape index (κ1) is 15.1. The third-order valence-electron chi connectivity index (χ3n) is 3.95. The van der Waals surface area contributed by atoms with Crippen molar-refractivity contribution < 1.29 is 9.15 Å². The van der Waals surface area contributed by atoms with Crippen LogP contribution >= 0.6 is 0 Å². The smallest absolute Gasteiger partial charge is 0.261 e. The number of oxazole rings is 1. The minimum absolute atomic E-state index is 0.0976. The van der Waals surface area contributed by atoms with E-state index in [0.29, 0.717) is 29.0 Å². The lowest BCUT2D eigenvalue weighted by atomic mass is 10.2. The Hall–Kier alpha value is -3.41. The molecule has 0 atom stereocenters. The van der Waals surface area contributed by atoms with Crippen molar-refractivity contribution in [1.82, 2.24) is 14.5 Å². The lowest BCUT2D eigenvalue weighted by Gasteiger charge is -2.04. The van der Waals surface area contributed by atoms with Gasteiger partial charge in [-0.1, -0.05) is 12.1 Å². The van der Waals surface area contributed by atoms with Crippen LogP contribution in [-0.4, -0.2) is 21.6 Å². The molecule has 0 unspecified atom stereocenters. The van der Waals surface area contributed by atoms with Gasteiger partial charge in [0.1, 0.15) is 12.0 Å². The van der Waals surface area contributed by atoms with Gasteiger partial charge in [0.05, 0.1) is 36.6 Å². The van der Waals surface area contributed by atoms with Crippen LogP contribution in [0.15, 0.2) is 70.3 Å². The Labute approximate surface area is 143 Å². The molecule has 0 aliphatic carbocycles. The molecule has 0 radical (unpaired) electrons. The Balaban J connectivity index is 1.63. The Kier molecular flexibility index (Phi) is 3.78. The maximum atomic E-state index is 12.5. The van der Waals surface area contributed by atoms with Crippen molar-refractivity contribution in [1.29, 1.82) is 0 Å². The molecule has 0 saturated carbocycles. The van der Waals surface area contributed by atoms with E-state index in [1.54, 1.807) is 19.4 Å². The van der Waals surface area contributed by atoms with E-state index in [0.717, 1.165) is 11.3 Å². The summed E-state index contributed by atoms with van der Waals surface area (Å²) in [6, 6.07) is 14.7. The Morgan fingerprint density at radius 1 is 1.12 bits per heavy atom. The highest BCUT2D eigenvalue weighted by Gasteiger charge is 2.09. The average Bonchev–Trinajstić information content (AvgIpc) is 3.13. The zero-order chi connectivity index (χ0) is 17.2. The van der Waals surface area contributed by atoms with Crippen LogP contribution in [0, 0.1) is 0 Å². The third-order valence-corrected chi connectivity index (χ3v) is 3.95. The number of ether oxygens (including phenoxy) is 1. The maximum absolute atomic E-state index is 12.5. The molecule has 0 aliphatic heterocycles. The fourth-order valence-corrected chi connectivity index (χ4v) is 2.64. The summed E-state index contributed by atoms with van der Waals surface area (Å²) < 4.78 is 12.2. The fourth-order valence-electron chi connectivity index (χ4n) is 2.64. The van der Waals surface area contributed by atoms with E-state index in [1.165, 1.54) is 10.9 Å². The molecule has 0 fully saturated rings. The monoisotopic (exact) mass is 333 g/mol. The predicted molar refractivity (Wildman–Crippen MR) is 93.6 cm³/mol. The normalized spacial score (nSPS) is 10.9. The van der Waals surface area contributed by atoms with Crippen LogP contribution in [0.1, 0.15) is 5.69 Å². The summed E-state index contributed by atoms with van der Waals surface area (Å²) in [6.45, 7) is 0.302. The van der Waals surface area contributed by atoms with Crippen LogP contribution in [-0.2, 0) is 6.54 Å². The fraction of sp³-hybridized carbons (Fsp3) is 0.105. The number of benzene rings is 2. The lowest BCUT2D eigenvalue weighted by Crippen LogP contribution is -2.21. The van der Waals surface area contributed by atoms with Crippen LogP contribution < -0.4 is 10.3 Å². The highest BCUT2D eigenvalue weighted by atomic mass is 16.5. The first-order valence-electron chi connectivity index (χ1n) is 7.77. The third kappa shape index (κ3) is 2.89. The molecule has 124 valence electrons. The molecule has 6 heteroatoms. The van der Waals surface area contributed by atoms with E-state index in [4.69, 9.17) is 9.15 Å². The molecular formula is C19H15N3O3. The van der Waals surface area contributed by atoms with E-state index in [2.05, 4.69) is 9.97 Å². The van der Waals surface area contributed by atoms with E-state index >= 15 is 0 Å². The number of hydrogen-bond donors (Lipinski definition) is 0. The van der Waals surface area contributed by atoms with Crippen molar-refractivity contribution in [2.45, 2.75) is 6.54 Å². The molecule has 0 bridgehead atoms. The number of fused-ring (bicyclic) bond motifs is 1. The molecular weight excluding hydrogens is 318 g/mol. The van der Waals surface area contributed by atoms with Crippen molar-refractivity contribution in [3.63, 3.8) is 0 Å². The van der Waals surface area contributed by atoms with Crippen molar-refractivity contribution in [3.05, 3.63) is 77.2 Å². The van der Waals surface area contributed by atoms with Crippen LogP contribution in [0.5, 0.6) is 5.75 Å². The standard InChI is InChI=1S/C19H15N3O3/c1-24-15-8-6-13(7-9-15)18-21-14(11-25-18)10-22-12-20-17-5-3-2-4-16(17)19(22)23/h2-9,11-12H,10H2,1H3. The molecule has 2 heterocycles. The summed E-state index contributed by atoms with van der Waals surface area (Å²) in [5.41, 5.74) is 2.09. The Morgan fingerprint density at radius 3 is 2.72 bits per heavy atom. The zero-order valence-electron chi connectivity index (χ0n) is 13.5. The largest absolute Gasteiger partial charge is 0.497 e. The van der Waals surface area contributed by atoms with Gasteiger partial charge in [0, 0.05) is 5.56 Å². The number of methoxy groups -OCH3 is 1.